The van der Waals surface area contributed by atoms with Gasteiger partial charge in [-0.15, -0.1) is 0 Å². The van der Waals surface area contributed by atoms with E-state index in [2.05, 4.69) is 26.6 Å². The number of urea groups is 1. The average molecular weight is 334 g/mol. The standard InChI is InChI=1S/C18H30N4O2/c1-13-5-6-16(19-11-13)22-9-7-14(8-10-22)21-17(24)20-12-15(23)18(2,3)4/h5-6,11,14-15,23H,7-10,12H2,1-4H3,(H2,20,21,24). The number of aromatic nitrogens is 1. The summed E-state index contributed by atoms with van der Waals surface area (Å²) in [5.41, 5.74) is 0.920. The number of anilines is 1. The van der Waals surface area contributed by atoms with Gasteiger partial charge in [0.05, 0.1) is 6.10 Å². The number of carbonyl (C=O) groups is 1. The highest BCUT2D eigenvalue weighted by Crippen LogP contribution is 2.19. The van der Waals surface area contributed by atoms with Gasteiger partial charge in [0.25, 0.3) is 0 Å². The molecule has 1 aromatic heterocycles. The molecule has 3 N–H and O–H groups in total. The van der Waals surface area contributed by atoms with Gasteiger partial charge in [-0.2, -0.15) is 0 Å². The van der Waals surface area contributed by atoms with E-state index in [1.807, 2.05) is 40.0 Å². The van der Waals surface area contributed by atoms with Crippen LogP contribution in [-0.4, -0.2) is 47.9 Å². The minimum absolute atomic E-state index is 0.165. The second-order valence-electron chi connectivity index (χ2n) is 7.69. The predicted molar refractivity (Wildman–Crippen MR) is 96.2 cm³/mol. The van der Waals surface area contributed by atoms with Gasteiger partial charge >= 0.3 is 6.03 Å². The lowest BCUT2D eigenvalue weighted by atomic mass is 9.89. The van der Waals surface area contributed by atoms with Gasteiger partial charge in [-0.3, -0.25) is 0 Å². The molecule has 1 atom stereocenters. The number of aliphatic hydroxyl groups is 1. The molecule has 1 fully saturated rings. The summed E-state index contributed by atoms with van der Waals surface area (Å²) < 4.78 is 0. The SMILES string of the molecule is Cc1ccc(N2CCC(NC(=O)NCC(O)C(C)(C)C)CC2)nc1. The van der Waals surface area contributed by atoms with Crippen LogP contribution in [0, 0.1) is 12.3 Å². The first-order valence-electron chi connectivity index (χ1n) is 8.66. The van der Waals surface area contributed by atoms with E-state index in [0.29, 0.717) is 0 Å². The van der Waals surface area contributed by atoms with Crippen LogP contribution >= 0.6 is 0 Å². The molecule has 1 aromatic rings. The first kappa shape index (κ1) is 18.5. The number of aliphatic hydroxyl groups excluding tert-OH is 1. The van der Waals surface area contributed by atoms with Gasteiger partial charge in [0.2, 0.25) is 0 Å². The van der Waals surface area contributed by atoms with Crippen LogP contribution < -0.4 is 15.5 Å². The number of hydrogen-bond acceptors (Lipinski definition) is 4. The molecule has 0 saturated carbocycles. The Labute approximate surface area is 144 Å². The number of pyridine rings is 1. The average Bonchev–Trinajstić information content (AvgIpc) is 2.53. The molecule has 1 aliphatic rings. The van der Waals surface area contributed by atoms with Gasteiger partial charge < -0.3 is 20.6 Å². The Morgan fingerprint density at radius 3 is 2.58 bits per heavy atom. The minimum Gasteiger partial charge on any atom is -0.391 e. The zero-order valence-corrected chi connectivity index (χ0v) is 15.2. The van der Waals surface area contributed by atoms with Crippen LogP contribution in [0.25, 0.3) is 0 Å². The number of nitrogens with zero attached hydrogens (tertiary/aromatic N) is 2. The van der Waals surface area contributed by atoms with E-state index in [9.17, 15) is 9.90 Å². The Hall–Kier alpha value is -1.82. The smallest absolute Gasteiger partial charge is 0.315 e. The maximum atomic E-state index is 12.0. The van der Waals surface area contributed by atoms with Crippen LogP contribution in [-0.2, 0) is 0 Å². The lowest BCUT2D eigenvalue weighted by molar-refractivity contribution is 0.0648. The summed E-state index contributed by atoms with van der Waals surface area (Å²) in [6, 6.07) is 4.08. The van der Waals surface area contributed by atoms with Crippen LogP contribution in [0.5, 0.6) is 0 Å². The number of hydrogen-bond donors (Lipinski definition) is 3. The number of piperidine rings is 1. The van der Waals surface area contributed by atoms with Crippen molar-refractivity contribution in [3.05, 3.63) is 23.9 Å². The van der Waals surface area contributed by atoms with Gasteiger partial charge in [-0.1, -0.05) is 26.8 Å². The highest BCUT2D eigenvalue weighted by molar-refractivity contribution is 5.74. The summed E-state index contributed by atoms with van der Waals surface area (Å²) in [6.07, 6.45) is 3.11. The van der Waals surface area contributed by atoms with Gasteiger partial charge in [0.1, 0.15) is 5.82 Å². The summed E-state index contributed by atoms with van der Waals surface area (Å²) in [4.78, 5) is 18.7. The second kappa shape index (κ2) is 7.83. The van der Waals surface area contributed by atoms with E-state index in [1.165, 1.54) is 0 Å². The maximum absolute atomic E-state index is 12.0. The molecule has 134 valence electrons. The maximum Gasteiger partial charge on any atom is 0.315 e. The largest absolute Gasteiger partial charge is 0.391 e. The van der Waals surface area contributed by atoms with E-state index < -0.39 is 6.10 Å². The Morgan fingerprint density at radius 1 is 1.38 bits per heavy atom. The van der Waals surface area contributed by atoms with E-state index in [1.54, 1.807) is 0 Å². The van der Waals surface area contributed by atoms with Crippen LogP contribution in [0.15, 0.2) is 18.3 Å². The van der Waals surface area contributed by atoms with Crippen molar-refractivity contribution >= 4 is 11.8 Å². The monoisotopic (exact) mass is 334 g/mol. The summed E-state index contributed by atoms with van der Waals surface area (Å²) in [5.74, 6) is 0.997. The summed E-state index contributed by atoms with van der Waals surface area (Å²) in [5, 5.41) is 15.7. The summed E-state index contributed by atoms with van der Waals surface area (Å²) in [6.45, 7) is 9.91. The third-order valence-corrected chi connectivity index (χ3v) is 4.51. The van der Waals surface area contributed by atoms with E-state index in [-0.39, 0.29) is 24.0 Å². The third-order valence-electron chi connectivity index (χ3n) is 4.51. The molecule has 1 aliphatic heterocycles. The van der Waals surface area contributed by atoms with Crippen molar-refractivity contribution in [3.8, 4) is 0 Å². The molecule has 2 rings (SSSR count). The molecule has 24 heavy (non-hydrogen) atoms. The number of amides is 2. The van der Waals surface area contributed by atoms with Crippen molar-refractivity contribution in [1.29, 1.82) is 0 Å². The molecule has 1 saturated heterocycles. The zero-order chi connectivity index (χ0) is 17.7. The molecule has 0 radical (unpaired) electrons. The number of aryl methyl sites for hydroxylation is 1. The Morgan fingerprint density at radius 2 is 2.04 bits per heavy atom. The van der Waals surface area contributed by atoms with E-state index in [0.717, 1.165) is 37.3 Å². The molecule has 0 spiro atoms. The van der Waals surface area contributed by atoms with Crippen molar-refractivity contribution in [2.24, 2.45) is 5.41 Å². The fraction of sp³-hybridized carbons (Fsp3) is 0.667. The zero-order valence-electron chi connectivity index (χ0n) is 15.2. The number of carbonyl (C=O) groups excluding carboxylic acids is 1. The lowest BCUT2D eigenvalue weighted by Gasteiger charge is -2.33. The molecule has 2 amide bonds. The van der Waals surface area contributed by atoms with E-state index >= 15 is 0 Å². The van der Waals surface area contributed by atoms with Gasteiger partial charge in [0.15, 0.2) is 0 Å². The van der Waals surface area contributed by atoms with E-state index in [4.69, 9.17) is 0 Å². The van der Waals surface area contributed by atoms with Crippen molar-refractivity contribution in [1.82, 2.24) is 15.6 Å². The number of nitrogens with one attached hydrogen (secondary N) is 2. The minimum atomic E-state index is -0.558. The van der Waals surface area contributed by atoms with Crippen molar-refractivity contribution in [2.45, 2.75) is 52.7 Å². The van der Waals surface area contributed by atoms with Crippen molar-refractivity contribution < 1.29 is 9.90 Å². The quantitative estimate of drug-likeness (QED) is 0.788. The van der Waals surface area contributed by atoms with Crippen molar-refractivity contribution in [3.63, 3.8) is 0 Å². The summed E-state index contributed by atoms with van der Waals surface area (Å²) in [7, 11) is 0. The fourth-order valence-electron chi connectivity index (χ4n) is 2.63. The molecule has 0 aromatic carbocycles. The molecule has 0 bridgehead atoms. The molecular formula is C18H30N4O2. The fourth-order valence-corrected chi connectivity index (χ4v) is 2.63. The van der Waals surface area contributed by atoms with Crippen LogP contribution in [0.3, 0.4) is 0 Å². The highest BCUT2D eigenvalue weighted by Gasteiger charge is 2.24. The molecule has 6 nitrogen and oxygen atoms in total. The molecule has 1 unspecified atom stereocenters. The lowest BCUT2D eigenvalue weighted by Crippen LogP contribution is -2.50. The topological polar surface area (TPSA) is 77.5 Å². The van der Waals surface area contributed by atoms with Crippen molar-refractivity contribution in [2.75, 3.05) is 24.5 Å². The summed E-state index contributed by atoms with van der Waals surface area (Å²) >= 11 is 0. The number of rotatable bonds is 4. The second-order valence-corrected chi connectivity index (χ2v) is 7.69. The third kappa shape index (κ3) is 5.37. The van der Waals surface area contributed by atoms with Gasteiger partial charge in [0, 0.05) is 31.9 Å². The molecule has 6 heteroatoms. The van der Waals surface area contributed by atoms with Gasteiger partial charge in [-0.05, 0) is 36.8 Å². The van der Waals surface area contributed by atoms with Crippen LogP contribution in [0.4, 0.5) is 10.6 Å². The first-order chi connectivity index (χ1) is 11.3. The van der Waals surface area contributed by atoms with Gasteiger partial charge in [-0.25, -0.2) is 9.78 Å². The normalized spacial score (nSPS) is 17.5. The first-order valence-corrected chi connectivity index (χ1v) is 8.66. The Bertz CT molecular complexity index is 531. The predicted octanol–water partition coefficient (Wildman–Crippen LogP) is 2.07. The Kier molecular flexibility index (Phi) is 6.04. The highest BCUT2D eigenvalue weighted by atomic mass is 16.3. The van der Waals surface area contributed by atoms with Crippen LogP contribution in [0.1, 0.15) is 39.2 Å². The molecule has 2 heterocycles. The van der Waals surface area contributed by atoms with Crippen LogP contribution in [0.2, 0.25) is 0 Å². The Balaban J connectivity index is 1.72. The molecule has 0 aliphatic carbocycles. The molecular weight excluding hydrogens is 304 g/mol.